The summed E-state index contributed by atoms with van der Waals surface area (Å²) in [5.74, 6) is 1.80. The summed E-state index contributed by atoms with van der Waals surface area (Å²) in [6.45, 7) is 2.46. The second-order valence-corrected chi connectivity index (χ2v) is 6.87. The van der Waals surface area contributed by atoms with Crippen LogP contribution < -0.4 is 5.73 Å². The number of benzene rings is 1. The van der Waals surface area contributed by atoms with Crippen LogP contribution in [0.5, 0.6) is 0 Å². The summed E-state index contributed by atoms with van der Waals surface area (Å²) in [6, 6.07) is 6.79. The molecule has 0 heterocycles. The number of hydrogen-bond acceptors (Lipinski definition) is 4. The minimum atomic E-state index is -3.12. The van der Waals surface area contributed by atoms with E-state index in [4.69, 9.17) is 5.73 Å². The van der Waals surface area contributed by atoms with Crippen molar-refractivity contribution in [3.05, 3.63) is 29.8 Å². The monoisotopic (exact) mass is 259 g/mol. The fraction of sp³-hybridized carbons (Fsp3) is 0.455. The summed E-state index contributed by atoms with van der Waals surface area (Å²) in [6.07, 6.45) is 0. The lowest BCUT2D eigenvalue weighted by Gasteiger charge is -2.04. The molecule has 0 bridgehead atoms. The van der Waals surface area contributed by atoms with Gasteiger partial charge in [-0.15, -0.1) is 0 Å². The molecule has 0 aliphatic heterocycles. The Morgan fingerprint density at radius 3 is 2.38 bits per heavy atom. The van der Waals surface area contributed by atoms with Crippen molar-refractivity contribution in [2.45, 2.75) is 18.4 Å². The summed E-state index contributed by atoms with van der Waals surface area (Å²) in [5, 5.41) is 0. The van der Waals surface area contributed by atoms with E-state index in [0.29, 0.717) is 17.2 Å². The number of sulfone groups is 1. The Kier molecular flexibility index (Phi) is 5.31. The Bertz CT molecular complexity index is 412. The molecular formula is C11H17NO2S2. The number of rotatable bonds is 6. The Balaban J connectivity index is 2.74. The van der Waals surface area contributed by atoms with Gasteiger partial charge in [0.05, 0.1) is 10.6 Å². The zero-order valence-electron chi connectivity index (χ0n) is 9.35. The molecule has 0 aromatic heterocycles. The summed E-state index contributed by atoms with van der Waals surface area (Å²) in [5.41, 5.74) is 6.40. The van der Waals surface area contributed by atoms with E-state index in [-0.39, 0.29) is 5.75 Å². The van der Waals surface area contributed by atoms with E-state index in [2.05, 4.69) is 0 Å². The highest BCUT2D eigenvalue weighted by atomic mass is 32.2. The fourth-order valence-corrected chi connectivity index (χ4v) is 3.69. The molecule has 0 atom stereocenters. The molecule has 0 aliphatic rings. The lowest BCUT2D eigenvalue weighted by Crippen LogP contribution is -2.09. The maximum atomic E-state index is 11.9. The Labute approximate surface area is 101 Å². The van der Waals surface area contributed by atoms with Crippen LogP contribution in [-0.2, 0) is 16.4 Å². The van der Waals surface area contributed by atoms with Crippen LogP contribution in [0.4, 0.5) is 0 Å². The number of thioether (sulfide) groups is 1. The average molecular weight is 259 g/mol. The van der Waals surface area contributed by atoms with Gasteiger partial charge in [-0.1, -0.05) is 19.1 Å². The SMILES string of the molecule is CCSCCS(=O)(=O)c1ccc(CN)cc1. The van der Waals surface area contributed by atoms with E-state index in [1.807, 2.05) is 6.92 Å². The summed E-state index contributed by atoms with van der Waals surface area (Å²) < 4.78 is 23.7. The van der Waals surface area contributed by atoms with Crippen LogP contribution in [0.25, 0.3) is 0 Å². The predicted octanol–water partition coefficient (Wildman–Crippen LogP) is 1.67. The van der Waals surface area contributed by atoms with E-state index in [1.165, 1.54) is 0 Å². The van der Waals surface area contributed by atoms with Crippen molar-refractivity contribution in [2.75, 3.05) is 17.3 Å². The van der Waals surface area contributed by atoms with Gasteiger partial charge in [0.25, 0.3) is 0 Å². The Morgan fingerprint density at radius 2 is 1.88 bits per heavy atom. The molecule has 90 valence electrons. The molecule has 1 aromatic carbocycles. The minimum Gasteiger partial charge on any atom is -0.326 e. The second kappa shape index (κ2) is 6.27. The Morgan fingerprint density at radius 1 is 1.25 bits per heavy atom. The molecule has 0 aliphatic carbocycles. The zero-order chi connectivity index (χ0) is 12.0. The van der Waals surface area contributed by atoms with Crippen molar-refractivity contribution < 1.29 is 8.42 Å². The number of nitrogens with two attached hydrogens (primary N) is 1. The van der Waals surface area contributed by atoms with Gasteiger partial charge in [-0.05, 0) is 23.4 Å². The normalized spacial score (nSPS) is 11.6. The van der Waals surface area contributed by atoms with Crippen molar-refractivity contribution >= 4 is 21.6 Å². The number of hydrogen-bond donors (Lipinski definition) is 1. The van der Waals surface area contributed by atoms with Gasteiger partial charge in [0.1, 0.15) is 0 Å². The molecular weight excluding hydrogens is 242 g/mol. The molecule has 16 heavy (non-hydrogen) atoms. The average Bonchev–Trinajstić information content (AvgIpc) is 2.29. The highest BCUT2D eigenvalue weighted by molar-refractivity contribution is 8.00. The smallest absolute Gasteiger partial charge is 0.179 e. The van der Waals surface area contributed by atoms with Gasteiger partial charge in [-0.3, -0.25) is 0 Å². The van der Waals surface area contributed by atoms with E-state index < -0.39 is 9.84 Å². The second-order valence-electron chi connectivity index (χ2n) is 3.36. The molecule has 0 amide bonds. The largest absolute Gasteiger partial charge is 0.326 e. The molecule has 0 saturated carbocycles. The van der Waals surface area contributed by atoms with E-state index in [0.717, 1.165) is 11.3 Å². The van der Waals surface area contributed by atoms with Gasteiger partial charge in [0, 0.05) is 12.3 Å². The lowest BCUT2D eigenvalue weighted by molar-refractivity contribution is 0.597. The van der Waals surface area contributed by atoms with Crippen LogP contribution >= 0.6 is 11.8 Å². The highest BCUT2D eigenvalue weighted by Crippen LogP contribution is 2.14. The lowest BCUT2D eigenvalue weighted by atomic mass is 10.2. The molecule has 0 spiro atoms. The maximum Gasteiger partial charge on any atom is 0.179 e. The van der Waals surface area contributed by atoms with Crippen LogP contribution in [0.2, 0.25) is 0 Å². The highest BCUT2D eigenvalue weighted by Gasteiger charge is 2.13. The van der Waals surface area contributed by atoms with Crippen LogP contribution in [0.3, 0.4) is 0 Å². The third-order valence-corrected chi connectivity index (χ3v) is 5.11. The quantitative estimate of drug-likeness (QED) is 0.790. The van der Waals surface area contributed by atoms with Gasteiger partial charge < -0.3 is 5.73 Å². The van der Waals surface area contributed by atoms with Crippen LogP contribution in [0.15, 0.2) is 29.2 Å². The van der Waals surface area contributed by atoms with Crippen LogP contribution in [0.1, 0.15) is 12.5 Å². The van der Waals surface area contributed by atoms with Crippen molar-refractivity contribution in [1.29, 1.82) is 0 Å². The van der Waals surface area contributed by atoms with Gasteiger partial charge in [-0.25, -0.2) is 8.42 Å². The molecule has 0 radical (unpaired) electrons. The first-order valence-corrected chi connectivity index (χ1v) is 8.00. The molecule has 0 unspecified atom stereocenters. The Hall–Kier alpha value is -0.520. The van der Waals surface area contributed by atoms with E-state index in [9.17, 15) is 8.42 Å². The zero-order valence-corrected chi connectivity index (χ0v) is 11.0. The van der Waals surface area contributed by atoms with Crippen molar-refractivity contribution in [3.63, 3.8) is 0 Å². The predicted molar refractivity (Wildman–Crippen MR) is 69.4 cm³/mol. The topological polar surface area (TPSA) is 60.2 Å². The van der Waals surface area contributed by atoms with Crippen molar-refractivity contribution in [2.24, 2.45) is 5.73 Å². The summed E-state index contributed by atoms with van der Waals surface area (Å²) >= 11 is 1.64. The van der Waals surface area contributed by atoms with Crippen molar-refractivity contribution in [3.8, 4) is 0 Å². The van der Waals surface area contributed by atoms with Gasteiger partial charge in [0.15, 0.2) is 9.84 Å². The molecule has 1 rings (SSSR count). The molecule has 2 N–H and O–H groups in total. The van der Waals surface area contributed by atoms with Gasteiger partial charge in [-0.2, -0.15) is 11.8 Å². The van der Waals surface area contributed by atoms with E-state index >= 15 is 0 Å². The first-order chi connectivity index (χ1) is 7.60. The molecule has 5 heteroatoms. The summed E-state index contributed by atoms with van der Waals surface area (Å²) in [4.78, 5) is 0.390. The van der Waals surface area contributed by atoms with E-state index in [1.54, 1.807) is 36.0 Å². The standard InChI is InChI=1S/C11H17NO2S2/c1-2-15-7-8-16(13,14)11-5-3-10(9-12)4-6-11/h3-6H,2,7-9,12H2,1H3. The van der Waals surface area contributed by atoms with Gasteiger partial charge in [0.2, 0.25) is 0 Å². The minimum absolute atomic E-state index is 0.202. The maximum absolute atomic E-state index is 11.9. The molecule has 0 fully saturated rings. The molecule has 3 nitrogen and oxygen atoms in total. The molecule has 1 aromatic rings. The summed E-state index contributed by atoms with van der Waals surface area (Å²) in [7, 11) is -3.12. The first kappa shape index (κ1) is 13.5. The van der Waals surface area contributed by atoms with Gasteiger partial charge >= 0.3 is 0 Å². The fourth-order valence-electron chi connectivity index (χ4n) is 1.26. The van der Waals surface area contributed by atoms with Crippen LogP contribution in [0, 0.1) is 0 Å². The molecule has 0 saturated heterocycles. The van der Waals surface area contributed by atoms with Crippen molar-refractivity contribution in [1.82, 2.24) is 0 Å². The van der Waals surface area contributed by atoms with Crippen LogP contribution in [-0.4, -0.2) is 25.7 Å². The third kappa shape index (κ3) is 3.81. The first-order valence-electron chi connectivity index (χ1n) is 5.19. The third-order valence-electron chi connectivity index (χ3n) is 2.22.